The fourth-order valence-corrected chi connectivity index (χ4v) is 2.58. The number of pyridine rings is 1. The summed E-state index contributed by atoms with van der Waals surface area (Å²) in [5.74, 6) is 0.441. The van der Waals surface area contributed by atoms with Gasteiger partial charge in [0, 0.05) is 31.9 Å². The molecule has 0 spiro atoms. The molecular formula is C15H18N4O3. The first-order valence-corrected chi connectivity index (χ1v) is 7.25. The molecule has 0 N–H and O–H groups in total. The molecule has 0 aromatic carbocycles. The minimum atomic E-state index is -0.508. The topological polar surface area (TPSA) is 75.7 Å². The Hall–Kier alpha value is -2.41. The Kier molecular flexibility index (Phi) is 4.06. The zero-order valence-electron chi connectivity index (χ0n) is 12.4. The van der Waals surface area contributed by atoms with Gasteiger partial charge < -0.3 is 9.32 Å². The Morgan fingerprint density at radius 2 is 2.00 bits per heavy atom. The lowest BCUT2D eigenvalue weighted by Crippen LogP contribution is -2.45. The first-order valence-electron chi connectivity index (χ1n) is 7.25. The van der Waals surface area contributed by atoms with Crippen LogP contribution in [0.1, 0.15) is 11.5 Å². The van der Waals surface area contributed by atoms with Crippen LogP contribution in [0, 0.1) is 17.0 Å². The Morgan fingerprint density at radius 1 is 1.23 bits per heavy atom. The van der Waals surface area contributed by atoms with Crippen molar-refractivity contribution in [1.29, 1.82) is 0 Å². The number of hydrogen-bond donors (Lipinski definition) is 0. The fraction of sp³-hybridized carbons (Fsp3) is 0.400. The average molecular weight is 302 g/mol. The summed E-state index contributed by atoms with van der Waals surface area (Å²) >= 11 is 0. The summed E-state index contributed by atoms with van der Waals surface area (Å²) in [5.41, 5.74) is 2.15. The lowest BCUT2D eigenvalue weighted by atomic mass is 10.2. The number of aromatic nitrogens is 1. The molecule has 0 radical (unpaired) electrons. The lowest BCUT2D eigenvalue weighted by Gasteiger charge is -2.35. The van der Waals surface area contributed by atoms with Crippen molar-refractivity contribution >= 4 is 11.6 Å². The molecule has 0 bridgehead atoms. The molecule has 22 heavy (non-hydrogen) atoms. The number of anilines is 1. The zero-order valence-corrected chi connectivity index (χ0v) is 12.4. The van der Waals surface area contributed by atoms with E-state index in [0.29, 0.717) is 12.3 Å². The number of rotatable bonds is 4. The summed E-state index contributed by atoms with van der Waals surface area (Å²) < 4.78 is 5.21. The van der Waals surface area contributed by atoms with Crippen molar-refractivity contribution in [3.8, 4) is 0 Å². The molecule has 0 atom stereocenters. The maximum Gasteiger partial charge on any atom is 0.433 e. The summed E-state index contributed by atoms with van der Waals surface area (Å²) in [6.45, 7) is 6.18. The van der Waals surface area contributed by atoms with E-state index in [0.717, 1.165) is 37.6 Å². The van der Waals surface area contributed by atoms with Gasteiger partial charge in [-0.05, 0) is 25.1 Å². The molecule has 3 rings (SSSR count). The normalized spacial score (nSPS) is 16.0. The number of aryl methyl sites for hydroxylation is 1. The molecule has 7 heteroatoms. The molecule has 2 aromatic rings. The lowest BCUT2D eigenvalue weighted by molar-refractivity contribution is -0.402. The molecule has 1 saturated heterocycles. The Balaban J connectivity index is 1.55. The van der Waals surface area contributed by atoms with E-state index in [2.05, 4.69) is 20.9 Å². The fourth-order valence-electron chi connectivity index (χ4n) is 2.58. The highest BCUT2D eigenvalue weighted by molar-refractivity contribution is 5.44. The van der Waals surface area contributed by atoms with Gasteiger partial charge in [-0.25, -0.2) is 0 Å². The van der Waals surface area contributed by atoms with Gasteiger partial charge in [0.1, 0.15) is 10.7 Å². The van der Waals surface area contributed by atoms with Crippen molar-refractivity contribution in [2.75, 3.05) is 31.1 Å². The third kappa shape index (κ3) is 3.25. The van der Waals surface area contributed by atoms with Gasteiger partial charge in [0.2, 0.25) is 0 Å². The smallest absolute Gasteiger partial charge is 0.404 e. The highest BCUT2D eigenvalue weighted by Gasteiger charge is 2.20. The van der Waals surface area contributed by atoms with Crippen LogP contribution in [-0.2, 0) is 6.54 Å². The van der Waals surface area contributed by atoms with Gasteiger partial charge in [0.25, 0.3) is 0 Å². The monoisotopic (exact) mass is 302 g/mol. The summed E-state index contributed by atoms with van der Waals surface area (Å²) in [6.07, 6.45) is 1.90. The van der Waals surface area contributed by atoms with Crippen LogP contribution in [0.25, 0.3) is 0 Å². The molecule has 1 aliphatic rings. The van der Waals surface area contributed by atoms with Crippen LogP contribution < -0.4 is 4.90 Å². The third-order valence-electron chi connectivity index (χ3n) is 3.84. The van der Waals surface area contributed by atoms with Crippen molar-refractivity contribution in [1.82, 2.24) is 9.88 Å². The molecule has 7 nitrogen and oxygen atoms in total. The van der Waals surface area contributed by atoms with Crippen molar-refractivity contribution < 1.29 is 9.34 Å². The van der Waals surface area contributed by atoms with E-state index in [9.17, 15) is 10.1 Å². The van der Waals surface area contributed by atoms with Crippen LogP contribution in [0.5, 0.6) is 0 Å². The van der Waals surface area contributed by atoms with Gasteiger partial charge in [0.05, 0.1) is 24.5 Å². The number of piperazine rings is 1. The minimum absolute atomic E-state index is 0.195. The van der Waals surface area contributed by atoms with Crippen LogP contribution >= 0.6 is 0 Å². The molecule has 0 saturated carbocycles. The molecular weight excluding hydrogens is 284 g/mol. The average Bonchev–Trinajstić information content (AvgIpc) is 2.98. The van der Waals surface area contributed by atoms with E-state index in [-0.39, 0.29) is 5.88 Å². The van der Waals surface area contributed by atoms with E-state index >= 15 is 0 Å². The quantitative estimate of drug-likeness (QED) is 0.636. The van der Waals surface area contributed by atoms with Gasteiger partial charge in [-0.3, -0.25) is 20.0 Å². The van der Waals surface area contributed by atoms with Crippen molar-refractivity contribution in [2.45, 2.75) is 13.5 Å². The maximum absolute atomic E-state index is 10.6. The van der Waals surface area contributed by atoms with Crippen LogP contribution in [-0.4, -0.2) is 41.0 Å². The second-order valence-electron chi connectivity index (χ2n) is 5.42. The number of furan rings is 1. The van der Waals surface area contributed by atoms with Crippen molar-refractivity contribution in [3.63, 3.8) is 0 Å². The number of nitro groups is 1. The van der Waals surface area contributed by atoms with Gasteiger partial charge in [0.15, 0.2) is 0 Å². The standard InChI is InChI=1S/C15H18N4O3/c1-12-2-3-13(10-16-12)18-8-6-17(7-9-18)11-14-4-5-15(22-14)19(20)21/h2-5,10H,6-9,11H2,1H3. The van der Waals surface area contributed by atoms with E-state index in [1.54, 1.807) is 6.07 Å². The molecule has 1 aliphatic heterocycles. The van der Waals surface area contributed by atoms with E-state index < -0.39 is 4.92 Å². The highest BCUT2D eigenvalue weighted by atomic mass is 16.6. The molecule has 0 unspecified atom stereocenters. The largest absolute Gasteiger partial charge is 0.433 e. The van der Waals surface area contributed by atoms with E-state index in [4.69, 9.17) is 4.42 Å². The Morgan fingerprint density at radius 3 is 2.59 bits per heavy atom. The van der Waals surface area contributed by atoms with E-state index in [1.165, 1.54) is 6.07 Å². The highest BCUT2D eigenvalue weighted by Crippen LogP contribution is 2.19. The molecule has 3 heterocycles. The summed E-state index contributed by atoms with van der Waals surface area (Å²) in [5, 5.41) is 10.6. The molecule has 0 aliphatic carbocycles. The number of nitrogens with zero attached hydrogens (tertiary/aromatic N) is 4. The summed E-state index contributed by atoms with van der Waals surface area (Å²) in [4.78, 5) is 19.0. The molecule has 2 aromatic heterocycles. The summed E-state index contributed by atoms with van der Waals surface area (Å²) in [6, 6.07) is 7.19. The molecule has 0 amide bonds. The van der Waals surface area contributed by atoms with Gasteiger partial charge in [-0.1, -0.05) is 0 Å². The Labute approximate surface area is 128 Å². The van der Waals surface area contributed by atoms with Crippen LogP contribution in [0.15, 0.2) is 34.9 Å². The van der Waals surface area contributed by atoms with Crippen molar-refractivity contribution in [2.24, 2.45) is 0 Å². The molecule has 116 valence electrons. The maximum atomic E-state index is 10.6. The van der Waals surface area contributed by atoms with Crippen LogP contribution in [0.4, 0.5) is 11.6 Å². The van der Waals surface area contributed by atoms with Gasteiger partial charge in [-0.2, -0.15) is 0 Å². The first-order chi connectivity index (χ1) is 10.6. The second kappa shape index (κ2) is 6.15. The second-order valence-corrected chi connectivity index (χ2v) is 5.42. The minimum Gasteiger partial charge on any atom is -0.404 e. The molecule has 1 fully saturated rings. The first kappa shape index (κ1) is 14.5. The third-order valence-corrected chi connectivity index (χ3v) is 3.84. The van der Waals surface area contributed by atoms with Crippen LogP contribution in [0.3, 0.4) is 0 Å². The van der Waals surface area contributed by atoms with Crippen molar-refractivity contribution in [3.05, 3.63) is 52.0 Å². The van der Waals surface area contributed by atoms with Crippen LogP contribution in [0.2, 0.25) is 0 Å². The zero-order chi connectivity index (χ0) is 15.5. The van der Waals surface area contributed by atoms with Gasteiger partial charge in [-0.15, -0.1) is 0 Å². The number of hydrogen-bond acceptors (Lipinski definition) is 6. The SMILES string of the molecule is Cc1ccc(N2CCN(Cc3ccc([N+](=O)[O-])o3)CC2)cn1. The summed E-state index contributed by atoms with van der Waals surface area (Å²) in [7, 11) is 0. The Bertz CT molecular complexity index is 645. The predicted molar refractivity (Wildman–Crippen MR) is 81.8 cm³/mol. The van der Waals surface area contributed by atoms with Gasteiger partial charge >= 0.3 is 5.88 Å². The predicted octanol–water partition coefficient (Wildman–Crippen LogP) is 2.21. The van der Waals surface area contributed by atoms with E-state index in [1.807, 2.05) is 19.2 Å².